The van der Waals surface area contributed by atoms with E-state index in [0.717, 1.165) is 51.9 Å². The topological polar surface area (TPSA) is 96.6 Å². The van der Waals surface area contributed by atoms with Crippen LogP contribution in [0.2, 0.25) is 0 Å². The van der Waals surface area contributed by atoms with E-state index in [1.807, 2.05) is 4.90 Å². The van der Waals surface area contributed by atoms with E-state index < -0.39 is 5.60 Å². The molecule has 162 valence electrons. The highest BCUT2D eigenvalue weighted by atomic mass is 16.5. The van der Waals surface area contributed by atoms with Gasteiger partial charge in [-0.15, -0.1) is 0 Å². The maximum absolute atomic E-state index is 13.2. The number of aromatic nitrogens is 4. The van der Waals surface area contributed by atoms with Gasteiger partial charge < -0.3 is 19.6 Å². The average Bonchev–Trinajstić information content (AvgIpc) is 3.24. The highest BCUT2D eigenvalue weighted by Gasteiger charge is 2.54. The van der Waals surface area contributed by atoms with E-state index in [1.165, 1.54) is 0 Å². The molecule has 3 fully saturated rings. The number of piperidine rings is 1. The fraction of sp³-hybridized carbons (Fsp3) is 0.714. The standard InChI is InChI=1S/C21H30N6O3/c1-25-7-6-21(29,20(13-25)4-2-3-5-20)14-27-15-23-17-16(18(27)28)12-22-19(24-17)26-8-10-30-11-9-26/h12,15,29H,2-11,13-14H2,1H3. The third kappa shape index (κ3) is 3.29. The summed E-state index contributed by atoms with van der Waals surface area (Å²) >= 11 is 0. The molecule has 9 nitrogen and oxygen atoms in total. The Hall–Kier alpha value is -2.10. The van der Waals surface area contributed by atoms with Crippen LogP contribution in [0.1, 0.15) is 32.1 Å². The fourth-order valence-corrected chi connectivity index (χ4v) is 5.56. The van der Waals surface area contributed by atoms with Crippen molar-refractivity contribution in [1.29, 1.82) is 0 Å². The second-order valence-electron chi connectivity index (χ2n) is 9.19. The van der Waals surface area contributed by atoms with E-state index >= 15 is 0 Å². The highest BCUT2D eigenvalue weighted by molar-refractivity contribution is 5.73. The first-order valence-corrected chi connectivity index (χ1v) is 11.0. The zero-order chi connectivity index (χ0) is 20.8. The number of hydrogen-bond donors (Lipinski definition) is 1. The molecule has 1 saturated carbocycles. The van der Waals surface area contributed by atoms with E-state index in [2.05, 4.69) is 26.9 Å². The summed E-state index contributed by atoms with van der Waals surface area (Å²) < 4.78 is 6.94. The molecular weight excluding hydrogens is 384 g/mol. The van der Waals surface area contributed by atoms with Crippen LogP contribution in [0.3, 0.4) is 0 Å². The third-order valence-corrected chi connectivity index (χ3v) is 7.32. The van der Waals surface area contributed by atoms with Gasteiger partial charge in [0.25, 0.3) is 5.56 Å². The zero-order valence-corrected chi connectivity index (χ0v) is 17.6. The number of aliphatic hydroxyl groups is 1. The normalized spacial score (nSPS) is 27.2. The summed E-state index contributed by atoms with van der Waals surface area (Å²) in [7, 11) is 2.12. The Bertz CT molecular complexity index is 982. The van der Waals surface area contributed by atoms with Crippen LogP contribution in [0.15, 0.2) is 17.3 Å². The van der Waals surface area contributed by atoms with Gasteiger partial charge >= 0.3 is 0 Å². The summed E-state index contributed by atoms with van der Waals surface area (Å²) in [6, 6.07) is 0. The maximum atomic E-state index is 13.2. The Labute approximate surface area is 175 Å². The lowest BCUT2D eigenvalue weighted by Gasteiger charge is -2.51. The molecule has 1 atom stereocenters. The van der Waals surface area contributed by atoms with Gasteiger partial charge in [-0.2, -0.15) is 4.98 Å². The van der Waals surface area contributed by atoms with Crippen molar-refractivity contribution in [1.82, 2.24) is 24.4 Å². The van der Waals surface area contributed by atoms with Crippen LogP contribution in [0.25, 0.3) is 11.0 Å². The quantitative estimate of drug-likeness (QED) is 0.782. The van der Waals surface area contributed by atoms with Gasteiger partial charge in [-0.3, -0.25) is 9.36 Å². The molecule has 1 N–H and O–H groups in total. The van der Waals surface area contributed by atoms with Crippen LogP contribution in [0.5, 0.6) is 0 Å². The Morgan fingerprint density at radius 1 is 1.13 bits per heavy atom. The first-order valence-electron chi connectivity index (χ1n) is 11.0. The van der Waals surface area contributed by atoms with Crippen molar-refractivity contribution in [2.24, 2.45) is 5.41 Å². The number of ether oxygens (including phenoxy) is 1. The number of fused-ring (bicyclic) bond motifs is 1. The van der Waals surface area contributed by atoms with Crippen LogP contribution in [0.4, 0.5) is 5.95 Å². The zero-order valence-electron chi connectivity index (χ0n) is 17.6. The summed E-state index contributed by atoms with van der Waals surface area (Å²) in [4.78, 5) is 30.9. The van der Waals surface area contributed by atoms with Gasteiger partial charge in [0, 0.05) is 37.8 Å². The van der Waals surface area contributed by atoms with Gasteiger partial charge in [0.1, 0.15) is 11.7 Å². The lowest BCUT2D eigenvalue weighted by Crippen LogP contribution is -2.60. The van der Waals surface area contributed by atoms with E-state index in [4.69, 9.17) is 4.74 Å². The predicted molar refractivity (Wildman–Crippen MR) is 113 cm³/mol. The highest BCUT2D eigenvalue weighted by Crippen LogP contribution is 2.51. The molecule has 1 spiro atoms. The number of rotatable bonds is 3. The van der Waals surface area contributed by atoms with Crippen molar-refractivity contribution in [2.45, 2.75) is 44.2 Å². The smallest absolute Gasteiger partial charge is 0.264 e. The Morgan fingerprint density at radius 2 is 1.90 bits per heavy atom. The lowest BCUT2D eigenvalue weighted by molar-refractivity contribution is -0.139. The molecule has 0 bridgehead atoms. The molecule has 0 radical (unpaired) electrons. The molecular formula is C21H30N6O3. The first kappa shape index (κ1) is 19.8. The van der Waals surface area contributed by atoms with Gasteiger partial charge in [0.2, 0.25) is 5.95 Å². The molecule has 30 heavy (non-hydrogen) atoms. The van der Waals surface area contributed by atoms with E-state index in [0.29, 0.717) is 36.6 Å². The largest absolute Gasteiger partial charge is 0.387 e. The van der Waals surface area contributed by atoms with Crippen LogP contribution in [-0.2, 0) is 11.3 Å². The summed E-state index contributed by atoms with van der Waals surface area (Å²) in [5.74, 6) is 0.578. The van der Waals surface area contributed by atoms with E-state index in [1.54, 1.807) is 17.1 Å². The van der Waals surface area contributed by atoms with Crippen molar-refractivity contribution in [3.63, 3.8) is 0 Å². The number of nitrogens with zero attached hydrogens (tertiary/aromatic N) is 6. The van der Waals surface area contributed by atoms with Gasteiger partial charge in [-0.05, 0) is 26.3 Å². The summed E-state index contributed by atoms with van der Waals surface area (Å²) in [5, 5.41) is 12.1. The molecule has 9 heteroatoms. The SMILES string of the molecule is CN1CCC(O)(Cn2cnc3nc(N4CCOCC4)ncc3c2=O)C2(CCCC2)C1. The summed E-state index contributed by atoms with van der Waals surface area (Å²) in [5.41, 5.74) is -0.831. The van der Waals surface area contributed by atoms with Crippen molar-refractivity contribution in [3.05, 3.63) is 22.9 Å². The van der Waals surface area contributed by atoms with Gasteiger partial charge in [-0.1, -0.05) is 12.8 Å². The Kier molecular flexibility index (Phi) is 4.99. The van der Waals surface area contributed by atoms with Crippen LogP contribution in [0, 0.1) is 5.41 Å². The molecule has 2 saturated heterocycles. The lowest BCUT2D eigenvalue weighted by atomic mass is 9.66. The Morgan fingerprint density at radius 3 is 2.67 bits per heavy atom. The first-order chi connectivity index (χ1) is 14.5. The molecule has 0 aromatic carbocycles. The minimum atomic E-state index is -0.899. The van der Waals surface area contributed by atoms with E-state index in [9.17, 15) is 9.90 Å². The third-order valence-electron chi connectivity index (χ3n) is 7.32. The second-order valence-corrected chi connectivity index (χ2v) is 9.19. The monoisotopic (exact) mass is 414 g/mol. The van der Waals surface area contributed by atoms with Crippen LogP contribution >= 0.6 is 0 Å². The predicted octanol–water partition coefficient (Wildman–Crippen LogP) is 0.650. The maximum Gasteiger partial charge on any atom is 0.264 e. The van der Waals surface area contributed by atoms with E-state index in [-0.39, 0.29) is 17.5 Å². The molecule has 5 rings (SSSR count). The number of likely N-dealkylation sites (tertiary alicyclic amines) is 1. The molecule has 0 amide bonds. The fourth-order valence-electron chi connectivity index (χ4n) is 5.56. The molecule has 2 aliphatic heterocycles. The number of hydrogen-bond acceptors (Lipinski definition) is 8. The number of anilines is 1. The minimum absolute atomic E-state index is 0.148. The molecule has 3 aliphatic rings. The molecule has 2 aromatic rings. The molecule has 4 heterocycles. The summed E-state index contributed by atoms with van der Waals surface area (Å²) in [6.07, 6.45) is 8.08. The Balaban J connectivity index is 1.46. The average molecular weight is 415 g/mol. The van der Waals surface area contributed by atoms with Crippen molar-refractivity contribution in [3.8, 4) is 0 Å². The van der Waals surface area contributed by atoms with Crippen molar-refractivity contribution >= 4 is 17.0 Å². The van der Waals surface area contributed by atoms with Crippen LogP contribution < -0.4 is 10.5 Å². The van der Waals surface area contributed by atoms with Crippen molar-refractivity contribution in [2.75, 3.05) is 51.3 Å². The van der Waals surface area contributed by atoms with Gasteiger partial charge in [-0.25, -0.2) is 9.97 Å². The summed E-state index contributed by atoms with van der Waals surface area (Å²) in [6.45, 7) is 4.73. The van der Waals surface area contributed by atoms with Gasteiger partial charge in [0.05, 0.1) is 25.4 Å². The number of morpholine rings is 1. The molecule has 1 aliphatic carbocycles. The molecule has 1 unspecified atom stereocenters. The van der Waals surface area contributed by atoms with Crippen LogP contribution in [-0.4, -0.2) is 81.6 Å². The minimum Gasteiger partial charge on any atom is -0.387 e. The second kappa shape index (κ2) is 7.55. The molecule has 2 aromatic heterocycles. The van der Waals surface area contributed by atoms with Crippen molar-refractivity contribution < 1.29 is 9.84 Å². The van der Waals surface area contributed by atoms with Gasteiger partial charge in [0.15, 0.2) is 5.65 Å².